The Labute approximate surface area is 136 Å². The smallest absolute Gasteiger partial charge is 0.269 e. The highest BCUT2D eigenvalue weighted by molar-refractivity contribution is 7.18. The summed E-state index contributed by atoms with van der Waals surface area (Å²) in [5.74, 6) is -0.142. The van der Waals surface area contributed by atoms with E-state index >= 15 is 0 Å². The Balaban J connectivity index is 2.14. The van der Waals surface area contributed by atoms with Crippen LogP contribution in [0.3, 0.4) is 0 Å². The van der Waals surface area contributed by atoms with Crippen molar-refractivity contribution in [2.75, 3.05) is 22.9 Å². The van der Waals surface area contributed by atoms with Crippen LogP contribution in [0.25, 0.3) is 0 Å². The van der Waals surface area contributed by atoms with Crippen molar-refractivity contribution >= 4 is 57.1 Å². The first-order chi connectivity index (χ1) is 9.99. The molecule has 5 nitrogen and oxygen atoms in total. The number of anilines is 3. The second-order valence-electron chi connectivity index (χ2n) is 4.27. The summed E-state index contributed by atoms with van der Waals surface area (Å²) in [6.07, 6.45) is 0.960. The van der Waals surface area contributed by atoms with Crippen LogP contribution in [-0.2, 0) is 0 Å². The van der Waals surface area contributed by atoms with E-state index in [0.717, 1.165) is 13.0 Å². The molecule has 4 N–H and O–H groups in total. The minimum absolute atomic E-state index is 0.198. The first-order valence-corrected chi connectivity index (χ1v) is 7.84. The number of aromatic nitrogens is 1. The van der Waals surface area contributed by atoms with Gasteiger partial charge in [0.05, 0.1) is 0 Å². The first kappa shape index (κ1) is 15.9. The van der Waals surface area contributed by atoms with E-state index in [1.165, 1.54) is 11.3 Å². The average molecular weight is 345 g/mol. The molecule has 0 aliphatic rings. The molecule has 1 heterocycles. The van der Waals surface area contributed by atoms with Gasteiger partial charge in [-0.15, -0.1) is 0 Å². The molecule has 2 aromatic rings. The fourth-order valence-corrected chi connectivity index (χ4v) is 2.95. The molecular formula is C13H14Cl2N4OS. The van der Waals surface area contributed by atoms with Crippen molar-refractivity contribution in [2.45, 2.75) is 13.3 Å². The maximum absolute atomic E-state index is 12.2. The van der Waals surface area contributed by atoms with E-state index in [0.29, 0.717) is 25.7 Å². The fourth-order valence-electron chi connectivity index (χ4n) is 1.62. The molecule has 0 atom stereocenters. The summed E-state index contributed by atoms with van der Waals surface area (Å²) in [6, 6.07) is 4.81. The molecule has 0 unspecified atom stereocenters. The topological polar surface area (TPSA) is 80.0 Å². The summed E-state index contributed by atoms with van der Waals surface area (Å²) in [4.78, 5) is 16.7. The van der Waals surface area contributed by atoms with E-state index in [4.69, 9.17) is 28.9 Å². The molecule has 0 bridgehead atoms. The minimum Gasteiger partial charge on any atom is -0.382 e. The highest BCUT2D eigenvalue weighted by Crippen LogP contribution is 2.27. The average Bonchev–Trinajstić information content (AvgIpc) is 2.76. The molecule has 0 aliphatic heterocycles. The fraction of sp³-hybridized carbons (Fsp3) is 0.231. The van der Waals surface area contributed by atoms with Crippen LogP contribution in [0, 0.1) is 0 Å². The quantitative estimate of drug-likeness (QED) is 0.762. The molecule has 1 amide bonds. The number of hydrogen-bond donors (Lipinski definition) is 3. The van der Waals surface area contributed by atoms with Gasteiger partial charge in [-0.25, -0.2) is 4.98 Å². The number of nitrogens with one attached hydrogen (secondary N) is 2. The highest BCUT2D eigenvalue weighted by atomic mass is 35.5. The van der Waals surface area contributed by atoms with E-state index in [2.05, 4.69) is 15.6 Å². The Kier molecular flexibility index (Phi) is 5.27. The van der Waals surface area contributed by atoms with E-state index in [1.807, 2.05) is 6.92 Å². The highest BCUT2D eigenvalue weighted by Gasteiger charge is 2.16. The number of nitrogen functional groups attached to an aromatic ring is 1. The van der Waals surface area contributed by atoms with Crippen LogP contribution in [0.1, 0.15) is 23.0 Å². The first-order valence-electron chi connectivity index (χ1n) is 6.27. The lowest BCUT2D eigenvalue weighted by Crippen LogP contribution is -2.12. The van der Waals surface area contributed by atoms with Gasteiger partial charge in [0.2, 0.25) is 0 Å². The number of hydrogen-bond acceptors (Lipinski definition) is 5. The maximum atomic E-state index is 12.2. The van der Waals surface area contributed by atoms with Crippen LogP contribution in [0.15, 0.2) is 18.2 Å². The summed E-state index contributed by atoms with van der Waals surface area (Å²) in [5.41, 5.74) is 6.28. The number of carbonyl (C=O) groups is 1. The Hall–Kier alpha value is -1.50. The van der Waals surface area contributed by atoms with Crippen LogP contribution in [0.5, 0.6) is 0 Å². The van der Waals surface area contributed by atoms with Gasteiger partial charge in [0.25, 0.3) is 5.91 Å². The second kappa shape index (κ2) is 6.98. The largest absolute Gasteiger partial charge is 0.382 e. The molecule has 0 spiro atoms. The van der Waals surface area contributed by atoms with Crippen LogP contribution in [0.4, 0.5) is 16.6 Å². The summed E-state index contributed by atoms with van der Waals surface area (Å²) >= 11 is 13.0. The Morgan fingerprint density at radius 3 is 2.62 bits per heavy atom. The molecule has 21 heavy (non-hydrogen) atoms. The number of thiazole rings is 1. The van der Waals surface area contributed by atoms with Gasteiger partial charge in [-0.1, -0.05) is 41.5 Å². The summed E-state index contributed by atoms with van der Waals surface area (Å²) < 4.78 is 0. The van der Waals surface area contributed by atoms with E-state index < -0.39 is 0 Å². The number of halogens is 2. The zero-order chi connectivity index (χ0) is 15.4. The van der Waals surface area contributed by atoms with E-state index in [9.17, 15) is 4.79 Å². The zero-order valence-corrected chi connectivity index (χ0v) is 13.6. The van der Waals surface area contributed by atoms with Crippen molar-refractivity contribution in [3.05, 3.63) is 33.1 Å². The van der Waals surface area contributed by atoms with Crippen LogP contribution >= 0.6 is 34.5 Å². The minimum atomic E-state index is -0.340. The maximum Gasteiger partial charge on any atom is 0.269 e. The van der Waals surface area contributed by atoms with Crippen molar-refractivity contribution < 1.29 is 4.79 Å². The van der Waals surface area contributed by atoms with Crippen molar-refractivity contribution in [3.63, 3.8) is 0 Å². The SMILES string of the molecule is CCCNc1nc(N)c(C(=O)Nc2cc(Cl)cc(Cl)c2)s1. The number of rotatable bonds is 5. The summed E-state index contributed by atoms with van der Waals surface area (Å²) in [7, 11) is 0. The molecule has 0 aliphatic carbocycles. The third kappa shape index (κ3) is 4.23. The number of benzene rings is 1. The van der Waals surface area contributed by atoms with Crippen molar-refractivity contribution in [1.82, 2.24) is 4.98 Å². The lowest BCUT2D eigenvalue weighted by molar-refractivity contribution is 0.103. The monoisotopic (exact) mass is 344 g/mol. The van der Waals surface area contributed by atoms with Gasteiger partial charge in [-0.3, -0.25) is 4.79 Å². The third-order valence-corrected chi connectivity index (χ3v) is 3.97. The predicted molar refractivity (Wildman–Crippen MR) is 89.7 cm³/mol. The Morgan fingerprint density at radius 1 is 1.33 bits per heavy atom. The number of amides is 1. The number of nitrogens with zero attached hydrogens (tertiary/aromatic N) is 1. The predicted octanol–water partition coefficient (Wildman–Crippen LogP) is 4.11. The Morgan fingerprint density at radius 2 is 2.00 bits per heavy atom. The molecule has 0 saturated heterocycles. The van der Waals surface area contributed by atoms with E-state index in [-0.39, 0.29) is 11.7 Å². The van der Waals surface area contributed by atoms with Crippen molar-refractivity contribution in [2.24, 2.45) is 0 Å². The molecule has 112 valence electrons. The normalized spacial score (nSPS) is 10.4. The molecule has 1 aromatic heterocycles. The van der Waals surface area contributed by atoms with Gasteiger partial charge < -0.3 is 16.4 Å². The molecule has 0 radical (unpaired) electrons. The van der Waals surface area contributed by atoms with Gasteiger partial charge in [-0.05, 0) is 24.6 Å². The molecule has 2 rings (SSSR count). The molecule has 1 aromatic carbocycles. The van der Waals surface area contributed by atoms with Crippen LogP contribution in [-0.4, -0.2) is 17.4 Å². The zero-order valence-electron chi connectivity index (χ0n) is 11.2. The standard InChI is InChI=1S/C13H14Cl2N4OS/c1-2-3-17-13-19-11(16)10(21-13)12(20)18-9-5-7(14)4-8(15)6-9/h4-6H,2-3,16H2,1H3,(H,17,19)(H,18,20). The van der Waals surface area contributed by atoms with Gasteiger partial charge in [0.15, 0.2) is 5.13 Å². The third-order valence-electron chi connectivity index (χ3n) is 2.51. The molecular weight excluding hydrogens is 331 g/mol. The number of nitrogens with two attached hydrogens (primary N) is 1. The lowest BCUT2D eigenvalue weighted by atomic mass is 10.3. The van der Waals surface area contributed by atoms with Gasteiger partial charge in [-0.2, -0.15) is 0 Å². The van der Waals surface area contributed by atoms with Gasteiger partial charge >= 0.3 is 0 Å². The summed E-state index contributed by atoms with van der Waals surface area (Å²) in [5, 5.41) is 7.32. The second-order valence-corrected chi connectivity index (χ2v) is 6.14. The Bertz CT molecular complexity index is 639. The van der Waals surface area contributed by atoms with Gasteiger partial charge in [0.1, 0.15) is 10.7 Å². The summed E-state index contributed by atoms with van der Waals surface area (Å²) in [6.45, 7) is 2.82. The van der Waals surface area contributed by atoms with E-state index in [1.54, 1.807) is 18.2 Å². The lowest BCUT2D eigenvalue weighted by Gasteiger charge is -2.05. The van der Waals surface area contributed by atoms with Crippen LogP contribution < -0.4 is 16.4 Å². The molecule has 8 heteroatoms. The number of carbonyl (C=O) groups excluding carboxylic acids is 1. The van der Waals surface area contributed by atoms with Gasteiger partial charge in [0, 0.05) is 22.3 Å². The van der Waals surface area contributed by atoms with Crippen molar-refractivity contribution in [3.8, 4) is 0 Å². The van der Waals surface area contributed by atoms with Crippen LogP contribution in [0.2, 0.25) is 10.0 Å². The molecule has 0 fully saturated rings. The molecule has 0 saturated carbocycles. The van der Waals surface area contributed by atoms with Crippen molar-refractivity contribution in [1.29, 1.82) is 0 Å².